The van der Waals surface area contributed by atoms with E-state index in [-0.39, 0.29) is 5.41 Å². The maximum Gasteiger partial charge on any atom is 0.0624 e. The van der Waals surface area contributed by atoms with E-state index in [9.17, 15) is 0 Å². The van der Waals surface area contributed by atoms with E-state index in [4.69, 9.17) is 9.47 Å². The first kappa shape index (κ1) is 16.5. The summed E-state index contributed by atoms with van der Waals surface area (Å²) < 4.78 is 12.7. The minimum atomic E-state index is 0.283. The fourth-order valence-corrected chi connectivity index (χ4v) is 3.04. The van der Waals surface area contributed by atoms with Crippen molar-refractivity contribution in [3.63, 3.8) is 0 Å². The SMILES string of the molecule is CCc1cc(CC2(CNCCOC)CCOCC2)n(C)n1. The summed E-state index contributed by atoms with van der Waals surface area (Å²) in [5.41, 5.74) is 2.80. The molecule has 0 unspecified atom stereocenters. The van der Waals surface area contributed by atoms with E-state index in [2.05, 4.69) is 30.5 Å². The molecule has 1 N–H and O–H groups in total. The maximum absolute atomic E-state index is 5.57. The van der Waals surface area contributed by atoms with Gasteiger partial charge in [0.05, 0.1) is 12.3 Å². The standard InChI is InChI=1S/C16H29N3O2/c1-4-14-11-15(19(2)18-14)12-16(5-8-21-9-6-16)13-17-7-10-20-3/h11,17H,4-10,12-13H2,1-3H3. The molecule has 5 nitrogen and oxygen atoms in total. The summed E-state index contributed by atoms with van der Waals surface area (Å²) in [6.45, 7) is 6.58. The Labute approximate surface area is 128 Å². The molecule has 0 spiro atoms. The minimum Gasteiger partial charge on any atom is -0.383 e. The Hall–Kier alpha value is -0.910. The molecule has 0 saturated carbocycles. The summed E-state index contributed by atoms with van der Waals surface area (Å²) in [4.78, 5) is 0. The highest BCUT2D eigenvalue weighted by atomic mass is 16.5. The zero-order chi connectivity index (χ0) is 15.1. The van der Waals surface area contributed by atoms with Crippen LogP contribution < -0.4 is 5.32 Å². The lowest BCUT2D eigenvalue weighted by atomic mass is 9.76. The van der Waals surface area contributed by atoms with Crippen molar-refractivity contribution in [1.82, 2.24) is 15.1 Å². The lowest BCUT2D eigenvalue weighted by molar-refractivity contribution is 0.0135. The number of rotatable bonds is 8. The van der Waals surface area contributed by atoms with Gasteiger partial charge in [-0.2, -0.15) is 5.10 Å². The first-order valence-corrected chi connectivity index (χ1v) is 7.98. The van der Waals surface area contributed by atoms with E-state index in [1.54, 1.807) is 7.11 Å². The summed E-state index contributed by atoms with van der Waals surface area (Å²) in [5.74, 6) is 0. The van der Waals surface area contributed by atoms with Gasteiger partial charge >= 0.3 is 0 Å². The van der Waals surface area contributed by atoms with Gasteiger partial charge in [0.25, 0.3) is 0 Å². The summed E-state index contributed by atoms with van der Waals surface area (Å²) >= 11 is 0. The molecule has 0 radical (unpaired) electrons. The molecule has 0 bridgehead atoms. The van der Waals surface area contributed by atoms with Gasteiger partial charge in [0.2, 0.25) is 0 Å². The number of ether oxygens (including phenoxy) is 2. The molecule has 1 aromatic heterocycles. The Bertz CT molecular complexity index is 425. The lowest BCUT2D eigenvalue weighted by Gasteiger charge is -2.37. The molecule has 0 atom stereocenters. The number of hydrogen-bond donors (Lipinski definition) is 1. The second kappa shape index (κ2) is 7.92. The normalized spacial score (nSPS) is 18.0. The molecule has 21 heavy (non-hydrogen) atoms. The first-order valence-electron chi connectivity index (χ1n) is 7.98. The largest absolute Gasteiger partial charge is 0.383 e. The zero-order valence-electron chi connectivity index (χ0n) is 13.7. The number of nitrogens with one attached hydrogen (secondary N) is 1. The Morgan fingerprint density at radius 3 is 2.81 bits per heavy atom. The lowest BCUT2D eigenvalue weighted by Crippen LogP contribution is -2.42. The topological polar surface area (TPSA) is 48.3 Å². The average Bonchev–Trinajstić information content (AvgIpc) is 2.85. The van der Waals surface area contributed by atoms with Gasteiger partial charge in [0.1, 0.15) is 0 Å². The van der Waals surface area contributed by atoms with Gasteiger partial charge in [0.15, 0.2) is 0 Å². The third-order valence-electron chi connectivity index (χ3n) is 4.48. The third-order valence-corrected chi connectivity index (χ3v) is 4.48. The highest BCUT2D eigenvalue weighted by Gasteiger charge is 2.33. The zero-order valence-corrected chi connectivity index (χ0v) is 13.7. The van der Waals surface area contributed by atoms with Crippen molar-refractivity contribution in [3.05, 3.63) is 17.5 Å². The second-order valence-electron chi connectivity index (χ2n) is 6.06. The van der Waals surface area contributed by atoms with E-state index in [0.29, 0.717) is 0 Å². The van der Waals surface area contributed by atoms with Crippen molar-refractivity contribution in [2.45, 2.75) is 32.6 Å². The van der Waals surface area contributed by atoms with E-state index < -0.39 is 0 Å². The molecule has 120 valence electrons. The molecule has 2 rings (SSSR count). The van der Waals surface area contributed by atoms with Crippen molar-refractivity contribution < 1.29 is 9.47 Å². The fraction of sp³-hybridized carbons (Fsp3) is 0.812. The molecule has 2 heterocycles. The van der Waals surface area contributed by atoms with Crippen molar-refractivity contribution in [1.29, 1.82) is 0 Å². The molecule has 1 saturated heterocycles. The van der Waals surface area contributed by atoms with Crippen LogP contribution in [-0.2, 0) is 29.4 Å². The van der Waals surface area contributed by atoms with E-state index in [1.165, 1.54) is 11.4 Å². The predicted molar refractivity (Wildman–Crippen MR) is 83.5 cm³/mol. The number of nitrogens with zero attached hydrogens (tertiary/aromatic N) is 2. The molecule has 0 aliphatic carbocycles. The first-order chi connectivity index (χ1) is 10.2. The highest BCUT2D eigenvalue weighted by molar-refractivity contribution is 5.13. The van der Waals surface area contributed by atoms with Crippen molar-refractivity contribution >= 4 is 0 Å². The van der Waals surface area contributed by atoms with Gasteiger partial charge in [-0.1, -0.05) is 6.92 Å². The smallest absolute Gasteiger partial charge is 0.0624 e. The van der Waals surface area contributed by atoms with Crippen LogP contribution in [0.4, 0.5) is 0 Å². The van der Waals surface area contributed by atoms with Crippen LogP contribution in [0.15, 0.2) is 6.07 Å². The summed E-state index contributed by atoms with van der Waals surface area (Å²) in [6.07, 6.45) is 4.29. The molecule has 1 aliphatic rings. The van der Waals surface area contributed by atoms with Crippen LogP contribution in [0.5, 0.6) is 0 Å². The van der Waals surface area contributed by atoms with Gasteiger partial charge in [-0.3, -0.25) is 4.68 Å². The van der Waals surface area contributed by atoms with Crippen LogP contribution in [-0.4, -0.2) is 49.8 Å². The Morgan fingerprint density at radius 1 is 1.43 bits per heavy atom. The Kier molecular flexibility index (Phi) is 6.21. The minimum absolute atomic E-state index is 0.283. The van der Waals surface area contributed by atoms with Crippen LogP contribution in [0.1, 0.15) is 31.2 Å². The van der Waals surface area contributed by atoms with Crippen molar-refractivity contribution in [2.24, 2.45) is 12.5 Å². The molecular formula is C16H29N3O2. The molecule has 5 heteroatoms. The number of hydrogen-bond acceptors (Lipinski definition) is 4. The highest BCUT2D eigenvalue weighted by Crippen LogP contribution is 2.34. The second-order valence-corrected chi connectivity index (χ2v) is 6.06. The van der Waals surface area contributed by atoms with Gasteiger partial charge < -0.3 is 14.8 Å². The third kappa shape index (κ3) is 4.53. The Morgan fingerprint density at radius 2 is 2.19 bits per heavy atom. The summed E-state index contributed by atoms with van der Waals surface area (Å²) in [7, 11) is 3.80. The van der Waals surface area contributed by atoms with E-state index in [0.717, 1.165) is 58.6 Å². The maximum atomic E-state index is 5.57. The van der Waals surface area contributed by atoms with Gasteiger partial charge in [0, 0.05) is 46.2 Å². The molecular weight excluding hydrogens is 266 g/mol. The van der Waals surface area contributed by atoms with Crippen LogP contribution in [0.2, 0.25) is 0 Å². The van der Waals surface area contributed by atoms with Gasteiger partial charge in [-0.25, -0.2) is 0 Å². The molecule has 1 fully saturated rings. The molecule has 1 aliphatic heterocycles. The molecule has 1 aromatic rings. The number of aryl methyl sites for hydroxylation is 2. The summed E-state index contributed by atoms with van der Waals surface area (Å²) in [5, 5.41) is 8.13. The van der Waals surface area contributed by atoms with Crippen molar-refractivity contribution in [2.75, 3.05) is 40.0 Å². The van der Waals surface area contributed by atoms with Crippen LogP contribution in [0.3, 0.4) is 0 Å². The molecule has 0 aromatic carbocycles. The quantitative estimate of drug-likeness (QED) is 0.739. The monoisotopic (exact) mass is 295 g/mol. The van der Waals surface area contributed by atoms with Gasteiger partial charge in [-0.15, -0.1) is 0 Å². The number of aromatic nitrogens is 2. The van der Waals surface area contributed by atoms with Crippen LogP contribution in [0.25, 0.3) is 0 Å². The fourth-order valence-electron chi connectivity index (χ4n) is 3.04. The average molecular weight is 295 g/mol. The van der Waals surface area contributed by atoms with Crippen molar-refractivity contribution in [3.8, 4) is 0 Å². The summed E-state index contributed by atoms with van der Waals surface area (Å²) in [6, 6.07) is 2.26. The predicted octanol–water partition coefficient (Wildman–Crippen LogP) is 1.56. The van der Waals surface area contributed by atoms with E-state index in [1.807, 2.05) is 4.68 Å². The van der Waals surface area contributed by atoms with E-state index >= 15 is 0 Å². The number of methoxy groups -OCH3 is 1. The van der Waals surface area contributed by atoms with Crippen LogP contribution in [0, 0.1) is 5.41 Å². The van der Waals surface area contributed by atoms with Crippen LogP contribution >= 0.6 is 0 Å². The molecule has 0 amide bonds. The Balaban J connectivity index is 2.02. The van der Waals surface area contributed by atoms with Gasteiger partial charge in [-0.05, 0) is 37.2 Å².